The molecular formula is C19H26IN3O2S2. The summed E-state index contributed by atoms with van der Waals surface area (Å²) in [6.07, 6.45) is 0. The highest BCUT2D eigenvalue weighted by Gasteiger charge is 2.13. The number of aliphatic imine (C=N–C) groups is 1. The van der Waals surface area contributed by atoms with Crippen molar-refractivity contribution < 1.29 is 8.42 Å². The minimum Gasteiger partial charge on any atom is -0.355 e. The fraction of sp³-hybridized carbons (Fsp3) is 0.316. The maximum absolute atomic E-state index is 12.3. The van der Waals surface area contributed by atoms with Crippen molar-refractivity contribution in [3.8, 4) is 0 Å². The summed E-state index contributed by atoms with van der Waals surface area (Å²) >= 11 is 1.78. The third kappa shape index (κ3) is 8.52. The van der Waals surface area contributed by atoms with E-state index in [-0.39, 0.29) is 29.7 Å². The molecule has 2 aromatic carbocycles. The maximum Gasteiger partial charge on any atom is 0.191 e. The van der Waals surface area contributed by atoms with Gasteiger partial charge in [0.15, 0.2) is 15.8 Å². The van der Waals surface area contributed by atoms with Crippen LogP contribution in [0.2, 0.25) is 0 Å². The molecule has 0 saturated carbocycles. The molecule has 0 radical (unpaired) electrons. The molecule has 0 saturated heterocycles. The van der Waals surface area contributed by atoms with Gasteiger partial charge in [-0.2, -0.15) is 0 Å². The van der Waals surface area contributed by atoms with Crippen molar-refractivity contribution in [1.29, 1.82) is 0 Å². The minimum atomic E-state index is -3.29. The van der Waals surface area contributed by atoms with E-state index in [9.17, 15) is 8.42 Å². The molecule has 0 spiro atoms. The van der Waals surface area contributed by atoms with Crippen molar-refractivity contribution in [3.05, 3.63) is 60.7 Å². The number of guanidine groups is 1. The van der Waals surface area contributed by atoms with Crippen LogP contribution in [0.25, 0.3) is 0 Å². The molecule has 0 aliphatic carbocycles. The van der Waals surface area contributed by atoms with Crippen LogP contribution in [0.15, 0.2) is 75.4 Å². The Labute approximate surface area is 183 Å². The molecule has 8 heteroatoms. The van der Waals surface area contributed by atoms with Crippen molar-refractivity contribution in [2.24, 2.45) is 4.99 Å². The number of rotatable bonds is 8. The van der Waals surface area contributed by atoms with Gasteiger partial charge in [-0.25, -0.2) is 8.42 Å². The van der Waals surface area contributed by atoms with Gasteiger partial charge < -0.3 is 10.6 Å². The summed E-state index contributed by atoms with van der Waals surface area (Å²) in [6.45, 7) is 3.17. The second-order valence-corrected chi connectivity index (χ2v) is 9.37. The van der Waals surface area contributed by atoms with Crippen molar-refractivity contribution in [1.82, 2.24) is 10.6 Å². The summed E-state index contributed by atoms with van der Waals surface area (Å²) in [5.41, 5.74) is 0. The third-order valence-electron chi connectivity index (χ3n) is 3.63. The number of sulfone groups is 1. The molecule has 0 bridgehead atoms. The van der Waals surface area contributed by atoms with E-state index in [1.807, 2.05) is 18.2 Å². The Hall–Kier alpha value is -1.26. The first-order valence-corrected chi connectivity index (χ1v) is 11.0. The molecule has 0 aliphatic heterocycles. The Balaban J connectivity index is 0.00000364. The number of nitrogens with one attached hydrogen (secondary N) is 2. The lowest BCUT2D eigenvalue weighted by Crippen LogP contribution is -2.41. The smallest absolute Gasteiger partial charge is 0.191 e. The zero-order valence-corrected chi connectivity index (χ0v) is 19.4. The lowest BCUT2D eigenvalue weighted by molar-refractivity contribution is 0.594. The average Bonchev–Trinajstić information content (AvgIpc) is 2.66. The zero-order chi connectivity index (χ0) is 18.8. The second-order valence-electron chi connectivity index (χ2n) is 5.75. The van der Waals surface area contributed by atoms with Crippen molar-refractivity contribution in [2.45, 2.75) is 22.0 Å². The molecule has 2 N–H and O–H groups in total. The van der Waals surface area contributed by atoms with Gasteiger partial charge in [0.25, 0.3) is 0 Å². The van der Waals surface area contributed by atoms with Crippen LogP contribution in [0.3, 0.4) is 0 Å². The third-order valence-corrected chi connectivity index (χ3v) is 6.47. The fourth-order valence-corrected chi connectivity index (χ4v) is 4.41. The Bertz CT molecular complexity index is 800. The summed E-state index contributed by atoms with van der Waals surface area (Å²) in [5, 5.41) is 6.65. The molecule has 5 nitrogen and oxygen atoms in total. The van der Waals surface area contributed by atoms with Crippen LogP contribution in [0.1, 0.15) is 6.92 Å². The molecule has 0 aromatic heterocycles. The van der Waals surface area contributed by atoms with Gasteiger partial charge in [0, 0.05) is 30.3 Å². The van der Waals surface area contributed by atoms with Crippen LogP contribution in [0.5, 0.6) is 0 Å². The number of hydrogen-bond donors (Lipinski definition) is 2. The maximum atomic E-state index is 12.3. The molecule has 2 rings (SSSR count). The quantitative estimate of drug-likeness (QED) is 0.242. The Morgan fingerprint density at radius 3 is 2.22 bits per heavy atom. The Morgan fingerprint density at radius 1 is 1.04 bits per heavy atom. The highest BCUT2D eigenvalue weighted by Crippen LogP contribution is 2.21. The highest BCUT2D eigenvalue weighted by molar-refractivity contribution is 14.0. The topological polar surface area (TPSA) is 70.6 Å². The van der Waals surface area contributed by atoms with Crippen molar-refractivity contribution in [2.75, 3.05) is 25.9 Å². The summed E-state index contributed by atoms with van der Waals surface area (Å²) in [7, 11) is -1.61. The number of benzene rings is 2. The van der Waals surface area contributed by atoms with Gasteiger partial charge >= 0.3 is 0 Å². The first-order chi connectivity index (χ1) is 12.5. The molecule has 148 valence electrons. The molecule has 0 amide bonds. The summed E-state index contributed by atoms with van der Waals surface area (Å²) in [5.74, 6) is 0.625. The normalized spacial score (nSPS) is 12.7. The van der Waals surface area contributed by atoms with Crippen LogP contribution >= 0.6 is 35.7 Å². The predicted octanol–water partition coefficient (Wildman–Crippen LogP) is 3.42. The summed E-state index contributed by atoms with van der Waals surface area (Å²) < 4.78 is 24.5. The van der Waals surface area contributed by atoms with Crippen LogP contribution in [-0.4, -0.2) is 45.5 Å². The first-order valence-electron chi connectivity index (χ1n) is 8.45. The molecule has 1 unspecified atom stereocenters. The number of thioether (sulfide) groups is 1. The Morgan fingerprint density at radius 2 is 1.63 bits per heavy atom. The fourth-order valence-electron chi connectivity index (χ4n) is 2.28. The van der Waals surface area contributed by atoms with Gasteiger partial charge in [0.1, 0.15) is 0 Å². The van der Waals surface area contributed by atoms with E-state index in [0.29, 0.717) is 22.6 Å². The largest absolute Gasteiger partial charge is 0.355 e. The molecular weight excluding hydrogens is 493 g/mol. The van der Waals surface area contributed by atoms with Gasteiger partial charge in [-0.15, -0.1) is 35.7 Å². The molecule has 0 aliphatic rings. The lowest BCUT2D eigenvalue weighted by atomic mass is 10.4. The van der Waals surface area contributed by atoms with Crippen molar-refractivity contribution in [3.63, 3.8) is 0 Å². The molecule has 0 fully saturated rings. The van der Waals surface area contributed by atoms with Crippen LogP contribution in [0, 0.1) is 0 Å². The van der Waals surface area contributed by atoms with Gasteiger partial charge in [-0.1, -0.05) is 43.3 Å². The second kappa shape index (κ2) is 12.2. The molecule has 27 heavy (non-hydrogen) atoms. The number of halogens is 1. The zero-order valence-electron chi connectivity index (χ0n) is 15.5. The van der Waals surface area contributed by atoms with Crippen molar-refractivity contribution >= 4 is 51.5 Å². The van der Waals surface area contributed by atoms with Gasteiger partial charge in [-0.05, 0) is 24.3 Å². The monoisotopic (exact) mass is 519 g/mol. The van der Waals surface area contributed by atoms with E-state index in [4.69, 9.17) is 0 Å². The van der Waals surface area contributed by atoms with E-state index in [0.717, 1.165) is 6.54 Å². The van der Waals surface area contributed by atoms with E-state index in [1.54, 1.807) is 49.1 Å². The van der Waals surface area contributed by atoms with E-state index >= 15 is 0 Å². The lowest BCUT2D eigenvalue weighted by Gasteiger charge is -2.16. The molecule has 2 aromatic rings. The number of hydrogen-bond acceptors (Lipinski definition) is 4. The highest BCUT2D eigenvalue weighted by atomic mass is 127. The molecule has 0 heterocycles. The van der Waals surface area contributed by atoms with Gasteiger partial charge in [-0.3, -0.25) is 4.99 Å². The van der Waals surface area contributed by atoms with E-state index < -0.39 is 9.84 Å². The summed E-state index contributed by atoms with van der Waals surface area (Å²) in [6, 6.07) is 18.7. The van der Waals surface area contributed by atoms with E-state index in [2.05, 4.69) is 34.7 Å². The average molecular weight is 519 g/mol. The van der Waals surface area contributed by atoms with Gasteiger partial charge in [0.05, 0.1) is 10.6 Å². The Kier molecular flexibility index (Phi) is 10.8. The SMILES string of the molecule is CN=C(NCCS(=O)(=O)c1ccccc1)NCC(C)Sc1ccccc1.I. The first kappa shape index (κ1) is 23.8. The number of nitrogens with zero attached hydrogens (tertiary/aromatic N) is 1. The van der Waals surface area contributed by atoms with Crippen LogP contribution in [0.4, 0.5) is 0 Å². The standard InChI is InChI=1S/C19H25N3O2S2.HI/c1-16(25-17-9-5-3-6-10-17)15-22-19(20-2)21-13-14-26(23,24)18-11-7-4-8-12-18;/h3-12,16H,13-15H2,1-2H3,(H2,20,21,22);1H. The van der Waals surface area contributed by atoms with Gasteiger partial charge in [0.2, 0.25) is 0 Å². The molecule has 1 atom stereocenters. The predicted molar refractivity (Wildman–Crippen MR) is 125 cm³/mol. The van der Waals surface area contributed by atoms with Crippen LogP contribution < -0.4 is 10.6 Å². The summed E-state index contributed by atoms with van der Waals surface area (Å²) in [4.78, 5) is 5.72. The minimum absolute atomic E-state index is 0. The van der Waals surface area contributed by atoms with E-state index in [1.165, 1.54) is 4.90 Å². The van der Waals surface area contributed by atoms with Crippen LogP contribution in [-0.2, 0) is 9.84 Å².